The van der Waals surface area contributed by atoms with Gasteiger partial charge in [0.2, 0.25) is 11.8 Å². The average molecular weight is 223 g/mol. The van der Waals surface area contributed by atoms with Crippen molar-refractivity contribution in [2.45, 2.75) is 25.7 Å². The van der Waals surface area contributed by atoms with Crippen LogP contribution in [0.15, 0.2) is 6.07 Å². The van der Waals surface area contributed by atoms with Crippen LogP contribution < -0.4 is 21.7 Å². The molecule has 0 amide bonds. The van der Waals surface area contributed by atoms with Gasteiger partial charge in [0.15, 0.2) is 0 Å². The van der Waals surface area contributed by atoms with Crippen LogP contribution in [0.3, 0.4) is 0 Å². The Morgan fingerprint density at radius 2 is 2.12 bits per heavy atom. The number of aromatic nitrogens is 2. The van der Waals surface area contributed by atoms with Crippen LogP contribution in [0.5, 0.6) is 5.88 Å². The molecule has 6 heteroatoms. The average Bonchev–Trinajstić information content (AvgIpc) is 2.78. The Balaban J connectivity index is 1.94. The van der Waals surface area contributed by atoms with Crippen molar-refractivity contribution in [3.8, 4) is 5.88 Å². The third kappa shape index (κ3) is 2.73. The molecule has 0 unspecified atom stereocenters. The van der Waals surface area contributed by atoms with E-state index in [0.717, 1.165) is 0 Å². The largest absolute Gasteiger partial charge is 0.477 e. The highest BCUT2D eigenvalue weighted by molar-refractivity contribution is 5.41. The topological polar surface area (TPSA) is 99.1 Å². The predicted octanol–water partition coefficient (Wildman–Crippen LogP) is 0.913. The van der Waals surface area contributed by atoms with E-state index in [-0.39, 0.29) is 5.95 Å². The summed E-state index contributed by atoms with van der Waals surface area (Å²) < 4.78 is 5.59. The number of nitrogen functional groups attached to an aromatic ring is 2. The lowest BCUT2D eigenvalue weighted by Gasteiger charge is -2.11. The standard InChI is InChI=1S/C10H17N5O/c11-10-13-8(15-12)5-9(14-10)16-6-7-3-1-2-4-7/h5,7H,1-4,6,12H2,(H3,11,13,14,15). The molecule has 0 aliphatic heterocycles. The Hall–Kier alpha value is -1.56. The molecule has 1 heterocycles. The third-order valence-electron chi connectivity index (χ3n) is 2.81. The quantitative estimate of drug-likeness (QED) is 0.518. The van der Waals surface area contributed by atoms with E-state index in [1.165, 1.54) is 25.7 Å². The molecule has 1 aliphatic carbocycles. The number of hydrazine groups is 1. The van der Waals surface area contributed by atoms with E-state index in [1.54, 1.807) is 6.07 Å². The van der Waals surface area contributed by atoms with Gasteiger partial charge in [-0.3, -0.25) is 0 Å². The normalized spacial score (nSPS) is 16.3. The molecule has 1 fully saturated rings. The molecule has 0 saturated heterocycles. The van der Waals surface area contributed by atoms with Crippen molar-refractivity contribution in [2.24, 2.45) is 11.8 Å². The first-order valence-electron chi connectivity index (χ1n) is 5.52. The zero-order valence-corrected chi connectivity index (χ0v) is 9.15. The Kier molecular flexibility index (Phi) is 3.40. The number of ether oxygens (including phenoxy) is 1. The molecule has 6 nitrogen and oxygen atoms in total. The van der Waals surface area contributed by atoms with Gasteiger partial charge in [0.25, 0.3) is 0 Å². The minimum absolute atomic E-state index is 0.164. The van der Waals surface area contributed by atoms with Crippen molar-refractivity contribution in [1.82, 2.24) is 9.97 Å². The van der Waals surface area contributed by atoms with Crippen LogP contribution in [-0.2, 0) is 0 Å². The molecule has 1 saturated carbocycles. The van der Waals surface area contributed by atoms with Gasteiger partial charge in [0.05, 0.1) is 6.61 Å². The smallest absolute Gasteiger partial charge is 0.225 e. The van der Waals surface area contributed by atoms with Crippen LogP contribution in [0, 0.1) is 5.92 Å². The Labute approximate surface area is 94.4 Å². The summed E-state index contributed by atoms with van der Waals surface area (Å²) in [6, 6.07) is 1.64. The fraction of sp³-hybridized carbons (Fsp3) is 0.600. The van der Waals surface area contributed by atoms with E-state index >= 15 is 0 Å². The molecule has 0 radical (unpaired) electrons. The number of rotatable bonds is 4. The Bertz CT molecular complexity index is 351. The lowest BCUT2D eigenvalue weighted by Crippen LogP contribution is -2.13. The molecule has 5 N–H and O–H groups in total. The maximum absolute atomic E-state index is 5.59. The highest BCUT2D eigenvalue weighted by Gasteiger charge is 2.16. The van der Waals surface area contributed by atoms with Gasteiger partial charge in [-0.15, -0.1) is 0 Å². The van der Waals surface area contributed by atoms with Gasteiger partial charge in [0.1, 0.15) is 5.82 Å². The molecule has 0 atom stereocenters. The number of anilines is 2. The van der Waals surface area contributed by atoms with Crippen molar-refractivity contribution in [2.75, 3.05) is 17.8 Å². The van der Waals surface area contributed by atoms with Crippen LogP contribution in [-0.4, -0.2) is 16.6 Å². The van der Waals surface area contributed by atoms with Gasteiger partial charge in [-0.1, -0.05) is 12.8 Å². The van der Waals surface area contributed by atoms with Crippen molar-refractivity contribution >= 4 is 11.8 Å². The molecule has 2 rings (SSSR count). The van der Waals surface area contributed by atoms with Gasteiger partial charge >= 0.3 is 0 Å². The Morgan fingerprint density at radius 3 is 2.81 bits per heavy atom. The number of nitrogens with two attached hydrogens (primary N) is 2. The van der Waals surface area contributed by atoms with Crippen LogP contribution >= 0.6 is 0 Å². The molecule has 1 aromatic heterocycles. The number of nitrogens with one attached hydrogen (secondary N) is 1. The second-order valence-corrected chi connectivity index (χ2v) is 4.06. The summed E-state index contributed by atoms with van der Waals surface area (Å²) in [5.41, 5.74) is 7.95. The highest BCUT2D eigenvalue weighted by Crippen LogP contribution is 2.25. The summed E-state index contributed by atoms with van der Waals surface area (Å²) >= 11 is 0. The van der Waals surface area contributed by atoms with Crippen LogP contribution in [0.4, 0.5) is 11.8 Å². The summed E-state index contributed by atoms with van der Waals surface area (Å²) in [4.78, 5) is 7.87. The van der Waals surface area contributed by atoms with Crippen molar-refractivity contribution in [3.05, 3.63) is 6.07 Å². The van der Waals surface area contributed by atoms with E-state index < -0.39 is 0 Å². The van der Waals surface area contributed by atoms with Gasteiger partial charge in [-0.25, -0.2) is 5.84 Å². The Morgan fingerprint density at radius 1 is 1.38 bits per heavy atom. The molecule has 0 bridgehead atoms. The van der Waals surface area contributed by atoms with Gasteiger partial charge in [0, 0.05) is 6.07 Å². The fourth-order valence-electron chi connectivity index (χ4n) is 1.97. The van der Waals surface area contributed by atoms with E-state index in [4.69, 9.17) is 16.3 Å². The first-order chi connectivity index (χ1) is 7.78. The van der Waals surface area contributed by atoms with Crippen LogP contribution in [0.2, 0.25) is 0 Å². The minimum Gasteiger partial charge on any atom is -0.477 e. The molecular formula is C10H17N5O. The van der Waals surface area contributed by atoms with Crippen LogP contribution in [0.25, 0.3) is 0 Å². The number of hydrogen-bond donors (Lipinski definition) is 3. The maximum atomic E-state index is 5.59. The van der Waals surface area contributed by atoms with E-state index in [2.05, 4.69) is 15.4 Å². The second-order valence-electron chi connectivity index (χ2n) is 4.06. The number of nitrogens with zero attached hydrogens (tertiary/aromatic N) is 2. The number of hydrogen-bond acceptors (Lipinski definition) is 6. The zero-order chi connectivity index (χ0) is 11.4. The molecular weight excluding hydrogens is 206 g/mol. The zero-order valence-electron chi connectivity index (χ0n) is 9.15. The minimum atomic E-state index is 0.164. The van der Waals surface area contributed by atoms with Crippen molar-refractivity contribution in [3.63, 3.8) is 0 Å². The van der Waals surface area contributed by atoms with Crippen molar-refractivity contribution in [1.29, 1.82) is 0 Å². The molecule has 0 aromatic carbocycles. The van der Waals surface area contributed by atoms with Crippen LogP contribution in [0.1, 0.15) is 25.7 Å². The monoisotopic (exact) mass is 223 g/mol. The summed E-state index contributed by atoms with van der Waals surface area (Å²) in [7, 11) is 0. The molecule has 1 aromatic rings. The SMILES string of the molecule is NNc1cc(OCC2CCCC2)nc(N)n1. The van der Waals surface area contributed by atoms with Gasteiger partial charge in [-0.05, 0) is 18.8 Å². The first kappa shape index (κ1) is 10.9. The summed E-state index contributed by atoms with van der Waals surface area (Å²) in [5.74, 6) is 7.01. The highest BCUT2D eigenvalue weighted by atomic mass is 16.5. The summed E-state index contributed by atoms with van der Waals surface area (Å²) in [6.07, 6.45) is 5.08. The lowest BCUT2D eigenvalue weighted by atomic mass is 10.1. The fourth-order valence-corrected chi connectivity index (χ4v) is 1.97. The molecule has 1 aliphatic rings. The predicted molar refractivity (Wildman–Crippen MR) is 61.7 cm³/mol. The van der Waals surface area contributed by atoms with Gasteiger partial charge in [-0.2, -0.15) is 9.97 Å². The third-order valence-corrected chi connectivity index (χ3v) is 2.81. The van der Waals surface area contributed by atoms with Crippen molar-refractivity contribution < 1.29 is 4.74 Å². The molecule has 0 spiro atoms. The van der Waals surface area contributed by atoms with E-state index in [0.29, 0.717) is 24.2 Å². The molecule has 88 valence electrons. The maximum Gasteiger partial charge on any atom is 0.225 e. The first-order valence-corrected chi connectivity index (χ1v) is 5.52. The van der Waals surface area contributed by atoms with Gasteiger partial charge < -0.3 is 15.9 Å². The molecule has 16 heavy (non-hydrogen) atoms. The lowest BCUT2D eigenvalue weighted by molar-refractivity contribution is 0.243. The summed E-state index contributed by atoms with van der Waals surface area (Å²) in [5, 5.41) is 0. The van der Waals surface area contributed by atoms with E-state index in [1.807, 2.05) is 0 Å². The van der Waals surface area contributed by atoms with E-state index in [9.17, 15) is 0 Å². The second kappa shape index (κ2) is 4.98. The summed E-state index contributed by atoms with van der Waals surface area (Å²) in [6.45, 7) is 0.695.